The van der Waals surface area contributed by atoms with Crippen molar-refractivity contribution >= 4 is 17.1 Å². The molecular formula is C15H14N2. The zero-order chi connectivity index (χ0) is 11.7. The average molecular weight is 222 g/mol. The van der Waals surface area contributed by atoms with Crippen LogP contribution in [0.4, 0.5) is 0 Å². The van der Waals surface area contributed by atoms with Crippen molar-refractivity contribution in [3.8, 4) is 11.4 Å². The predicted octanol–water partition coefficient (Wildman–Crippen LogP) is 4.12. The summed E-state index contributed by atoms with van der Waals surface area (Å²) in [6.07, 6.45) is 1.84. The number of rotatable bonds is 2. The second-order valence-corrected chi connectivity index (χ2v) is 3.93. The van der Waals surface area contributed by atoms with Crippen LogP contribution in [0, 0.1) is 0 Å². The Hall–Kier alpha value is -2.35. The van der Waals surface area contributed by atoms with E-state index in [0.717, 1.165) is 28.0 Å². The molecule has 1 aromatic heterocycles. The third-order valence-corrected chi connectivity index (χ3v) is 2.79. The number of nitrogens with one attached hydrogen (secondary N) is 1. The smallest absolute Gasteiger partial charge is 0.138 e. The highest BCUT2D eigenvalue weighted by Gasteiger charge is 2.04. The molecule has 0 aliphatic heterocycles. The van der Waals surface area contributed by atoms with Gasteiger partial charge in [0.05, 0.1) is 11.0 Å². The Labute approximate surface area is 101 Å². The zero-order valence-electron chi connectivity index (χ0n) is 9.35. The molecule has 0 aliphatic carbocycles. The van der Waals surface area contributed by atoms with Gasteiger partial charge in [0.1, 0.15) is 5.82 Å². The molecule has 0 radical (unpaired) electrons. The van der Waals surface area contributed by atoms with Gasteiger partial charge in [0.15, 0.2) is 0 Å². The molecule has 3 aromatic rings. The third kappa shape index (κ3) is 1.74. The van der Waals surface area contributed by atoms with E-state index in [1.165, 1.54) is 0 Å². The number of para-hydroxylation sites is 2. The molecule has 0 saturated carbocycles. The van der Waals surface area contributed by atoms with Crippen LogP contribution in [-0.4, -0.2) is 9.97 Å². The molecule has 84 valence electrons. The van der Waals surface area contributed by atoms with E-state index in [4.69, 9.17) is 0 Å². The SMILES string of the molecule is C=Cc1cccc(-c2nc3ccccc3[nH]2)c1.[HH]. The predicted molar refractivity (Wildman–Crippen MR) is 73.7 cm³/mol. The highest BCUT2D eigenvalue weighted by Crippen LogP contribution is 2.21. The summed E-state index contributed by atoms with van der Waals surface area (Å²) in [7, 11) is 0. The Bertz CT molecular complexity index is 653. The van der Waals surface area contributed by atoms with Gasteiger partial charge >= 0.3 is 0 Å². The topological polar surface area (TPSA) is 28.7 Å². The van der Waals surface area contributed by atoms with E-state index in [1.807, 2.05) is 48.5 Å². The van der Waals surface area contributed by atoms with Crippen LogP contribution in [0.15, 0.2) is 55.1 Å². The minimum atomic E-state index is 0. The fraction of sp³-hybridized carbons (Fsp3) is 0. The van der Waals surface area contributed by atoms with E-state index in [9.17, 15) is 0 Å². The first kappa shape index (κ1) is 9.85. The maximum atomic E-state index is 4.57. The van der Waals surface area contributed by atoms with Gasteiger partial charge in [-0.15, -0.1) is 0 Å². The standard InChI is InChI=1S/C15H12N2.H2/c1-2-11-6-5-7-12(10-11)15-16-13-8-3-4-9-14(13)17-15;/h2-10H,1H2,(H,16,17);1H. The Kier molecular flexibility index (Phi) is 2.26. The largest absolute Gasteiger partial charge is 0.338 e. The molecule has 1 heterocycles. The number of hydrogen-bond donors (Lipinski definition) is 1. The van der Waals surface area contributed by atoms with Gasteiger partial charge in [0.25, 0.3) is 0 Å². The lowest BCUT2D eigenvalue weighted by Gasteiger charge is -1.98. The van der Waals surface area contributed by atoms with Gasteiger partial charge < -0.3 is 4.98 Å². The molecule has 0 amide bonds. The van der Waals surface area contributed by atoms with E-state index in [0.29, 0.717) is 0 Å². The van der Waals surface area contributed by atoms with Crippen LogP contribution in [0.1, 0.15) is 6.99 Å². The van der Waals surface area contributed by atoms with Gasteiger partial charge in [-0.2, -0.15) is 0 Å². The fourth-order valence-corrected chi connectivity index (χ4v) is 1.90. The van der Waals surface area contributed by atoms with Gasteiger partial charge in [-0.1, -0.05) is 43.0 Å². The maximum Gasteiger partial charge on any atom is 0.138 e. The summed E-state index contributed by atoms with van der Waals surface area (Å²) in [6, 6.07) is 16.2. The first-order valence-electron chi connectivity index (χ1n) is 5.54. The van der Waals surface area contributed by atoms with E-state index in [-0.39, 0.29) is 1.43 Å². The molecule has 3 rings (SSSR count). The molecule has 2 heteroatoms. The number of aromatic nitrogens is 2. The number of aromatic amines is 1. The minimum absolute atomic E-state index is 0. The quantitative estimate of drug-likeness (QED) is 0.694. The van der Waals surface area contributed by atoms with Crippen molar-refractivity contribution in [1.82, 2.24) is 9.97 Å². The second kappa shape index (κ2) is 3.91. The number of hydrogen-bond acceptors (Lipinski definition) is 1. The second-order valence-electron chi connectivity index (χ2n) is 3.93. The summed E-state index contributed by atoms with van der Waals surface area (Å²) < 4.78 is 0. The van der Waals surface area contributed by atoms with E-state index >= 15 is 0 Å². The Morgan fingerprint density at radius 1 is 1.12 bits per heavy atom. The Morgan fingerprint density at radius 2 is 2.00 bits per heavy atom. The van der Waals surface area contributed by atoms with Crippen LogP contribution in [0.5, 0.6) is 0 Å². The van der Waals surface area contributed by atoms with Crippen LogP contribution in [-0.2, 0) is 0 Å². The van der Waals surface area contributed by atoms with Crippen molar-refractivity contribution in [3.63, 3.8) is 0 Å². The lowest BCUT2D eigenvalue weighted by atomic mass is 10.1. The Morgan fingerprint density at radius 3 is 2.82 bits per heavy atom. The molecule has 0 saturated heterocycles. The number of imidazole rings is 1. The van der Waals surface area contributed by atoms with E-state index in [2.05, 4.69) is 22.6 Å². The summed E-state index contributed by atoms with van der Waals surface area (Å²) in [6.45, 7) is 3.78. The van der Waals surface area contributed by atoms with Crippen molar-refractivity contribution in [3.05, 3.63) is 60.7 Å². The minimum Gasteiger partial charge on any atom is -0.338 e. The summed E-state index contributed by atoms with van der Waals surface area (Å²) in [4.78, 5) is 7.89. The van der Waals surface area contributed by atoms with Gasteiger partial charge in [-0.05, 0) is 23.8 Å². The van der Waals surface area contributed by atoms with Gasteiger partial charge in [0.2, 0.25) is 0 Å². The van der Waals surface area contributed by atoms with Crippen LogP contribution in [0.25, 0.3) is 28.5 Å². The molecule has 0 fully saturated rings. The van der Waals surface area contributed by atoms with Crippen LogP contribution in [0.3, 0.4) is 0 Å². The van der Waals surface area contributed by atoms with Gasteiger partial charge in [-0.25, -0.2) is 4.98 Å². The highest BCUT2D eigenvalue weighted by molar-refractivity contribution is 5.79. The summed E-state index contributed by atoms with van der Waals surface area (Å²) >= 11 is 0. The lowest BCUT2D eigenvalue weighted by Crippen LogP contribution is -1.81. The summed E-state index contributed by atoms with van der Waals surface area (Å²) in [5.74, 6) is 0.898. The summed E-state index contributed by atoms with van der Waals surface area (Å²) in [5.41, 5.74) is 4.24. The van der Waals surface area contributed by atoms with Crippen LogP contribution in [0.2, 0.25) is 0 Å². The number of fused-ring (bicyclic) bond motifs is 1. The van der Waals surface area contributed by atoms with Crippen molar-refractivity contribution < 1.29 is 1.43 Å². The molecule has 1 N–H and O–H groups in total. The van der Waals surface area contributed by atoms with Crippen LogP contribution >= 0.6 is 0 Å². The van der Waals surface area contributed by atoms with E-state index < -0.39 is 0 Å². The highest BCUT2D eigenvalue weighted by atomic mass is 14.9. The van der Waals surface area contributed by atoms with Gasteiger partial charge in [-0.3, -0.25) is 0 Å². The third-order valence-electron chi connectivity index (χ3n) is 2.79. The van der Waals surface area contributed by atoms with Crippen molar-refractivity contribution in [2.75, 3.05) is 0 Å². The van der Waals surface area contributed by atoms with Crippen molar-refractivity contribution in [2.45, 2.75) is 0 Å². The van der Waals surface area contributed by atoms with Crippen molar-refractivity contribution in [2.24, 2.45) is 0 Å². The molecule has 2 aromatic carbocycles. The molecule has 0 aliphatic rings. The van der Waals surface area contributed by atoms with Crippen molar-refractivity contribution in [1.29, 1.82) is 0 Å². The molecule has 0 bridgehead atoms. The molecule has 2 nitrogen and oxygen atoms in total. The first-order chi connectivity index (χ1) is 8.36. The molecule has 0 spiro atoms. The van der Waals surface area contributed by atoms with Gasteiger partial charge in [0, 0.05) is 6.99 Å². The molecule has 17 heavy (non-hydrogen) atoms. The zero-order valence-corrected chi connectivity index (χ0v) is 9.35. The van der Waals surface area contributed by atoms with Crippen LogP contribution < -0.4 is 0 Å². The van der Waals surface area contributed by atoms with E-state index in [1.54, 1.807) is 0 Å². The number of nitrogens with zero attached hydrogens (tertiary/aromatic N) is 1. The maximum absolute atomic E-state index is 4.57. The monoisotopic (exact) mass is 222 g/mol. The molecule has 0 atom stereocenters. The number of H-pyrrole nitrogens is 1. The lowest BCUT2D eigenvalue weighted by molar-refractivity contribution is 1.33. The first-order valence-corrected chi connectivity index (χ1v) is 5.54. The summed E-state index contributed by atoms with van der Waals surface area (Å²) in [5, 5.41) is 0. The normalized spacial score (nSPS) is 10.6. The molecule has 0 unspecified atom stereocenters. The fourth-order valence-electron chi connectivity index (χ4n) is 1.90. The molecular weight excluding hydrogens is 208 g/mol. The average Bonchev–Trinajstić information content (AvgIpc) is 2.82. The number of benzene rings is 2. The Balaban J connectivity index is 0.00000120.